The number of hydrogen-bond donors (Lipinski definition) is 0. The Morgan fingerprint density at radius 1 is 1.37 bits per heavy atom. The van der Waals surface area contributed by atoms with Gasteiger partial charge in [-0.2, -0.15) is 0 Å². The molecule has 0 spiro atoms. The van der Waals surface area contributed by atoms with E-state index in [-0.39, 0.29) is 11.7 Å². The molecule has 2 rings (SSSR count). The molecule has 19 heavy (non-hydrogen) atoms. The van der Waals surface area contributed by atoms with Gasteiger partial charge in [0.05, 0.1) is 5.69 Å². The predicted molar refractivity (Wildman–Crippen MR) is 73.8 cm³/mol. The SMILES string of the molecule is CCC(Cc1cn(CC)nn1)c1c(F)cccc1Cl. The molecular formula is C14H17ClFN3. The number of nitrogens with zero attached hydrogens (tertiary/aromatic N) is 3. The molecule has 1 atom stereocenters. The summed E-state index contributed by atoms with van der Waals surface area (Å²) in [5.41, 5.74) is 1.45. The highest BCUT2D eigenvalue weighted by Crippen LogP contribution is 2.31. The molecule has 0 aliphatic rings. The third-order valence-corrected chi connectivity index (χ3v) is 3.60. The fourth-order valence-corrected chi connectivity index (χ4v) is 2.51. The van der Waals surface area contributed by atoms with Crippen molar-refractivity contribution in [3.63, 3.8) is 0 Å². The van der Waals surface area contributed by atoms with Gasteiger partial charge in [-0.05, 0) is 31.4 Å². The largest absolute Gasteiger partial charge is 0.253 e. The Morgan fingerprint density at radius 2 is 2.16 bits per heavy atom. The van der Waals surface area contributed by atoms with Gasteiger partial charge in [-0.25, -0.2) is 4.39 Å². The summed E-state index contributed by atoms with van der Waals surface area (Å²) in [6.07, 6.45) is 3.36. The molecule has 1 heterocycles. The molecule has 0 radical (unpaired) electrons. The summed E-state index contributed by atoms with van der Waals surface area (Å²) in [6.45, 7) is 4.81. The number of benzene rings is 1. The number of hydrogen-bond acceptors (Lipinski definition) is 2. The van der Waals surface area contributed by atoms with Crippen molar-refractivity contribution in [3.05, 3.63) is 46.5 Å². The zero-order chi connectivity index (χ0) is 13.8. The van der Waals surface area contributed by atoms with Crippen molar-refractivity contribution in [3.8, 4) is 0 Å². The van der Waals surface area contributed by atoms with E-state index < -0.39 is 0 Å². The van der Waals surface area contributed by atoms with Gasteiger partial charge in [0.25, 0.3) is 0 Å². The van der Waals surface area contributed by atoms with Gasteiger partial charge < -0.3 is 0 Å². The van der Waals surface area contributed by atoms with E-state index in [2.05, 4.69) is 10.3 Å². The zero-order valence-electron chi connectivity index (χ0n) is 11.1. The van der Waals surface area contributed by atoms with Crippen molar-refractivity contribution < 1.29 is 4.39 Å². The molecule has 0 aliphatic heterocycles. The van der Waals surface area contributed by atoms with Crippen molar-refractivity contribution in [2.75, 3.05) is 0 Å². The van der Waals surface area contributed by atoms with E-state index in [9.17, 15) is 4.39 Å². The van der Waals surface area contributed by atoms with Crippen LogP contribution in [-0.2, 0) is 13.0 Å². The van der Waals surface area contributed by atoms with E-state index >= 15 is 0 Å². The molecule has 2 aromatic rings. The second-order valence-corrected chi connectivity index (χ2v) is 4.92. The van der Waals surface area contributed by atoms with Crippen LogP contribution in [0, 0.1) is 5.82 Å². The molecule has 5 heteroatoms. The van der Waals surface area contributed by atoms with Gasteiger partial charge in [0.15, 0.2) is 0 Å². The molecule has 0 N–H and O–H groups in total. The first-order valence-corrected chi connectivity index (χ1v) is 6.86. The predicted octanol–water partition coefficient (Wildman–Crippen LogP) is 3.83. The van der Waals surface area contributed by atoms with Crippen molar-refractivity contribution in [1.29, 1.82) is 0 Å². The van der Waals surface area contributed by atoms with Gasteiger partial charge in [0.2, 0.25) is 0 Å². The van der Waals surface area contributed by atoms with Crippen LogP contribution in [0.1, 0.15) is 37.4 Å². The standard InChI is InChI=1S/C14H17ClFN3/c1-3-10(8-11-9-19(4-2)18-17-11)14-12(15)6-5-7-13(14)16/h5-7,9-10H,3-4,8H2,1-2H3. The lowest BCUT2D eigenvalue weighted by Crippen LogP contribution is -2.05. The lowest BCUT2D eigenvalue weighted by molar-refractivity contribution is 0.561. The van der Waals surface area contributed by atoms with Crippen LogP contribution in [0.5, 0.6) is 0 Å². The second kappa shape index (κ2) is 6.15. The third kappa shape index (κ3) is 3.13. The van der Waals surface area contributed by atoms with E-state index in [4.69, 9.17) is 11.6 Å². The van der Waals surface area contributed by atoms with E-state index in [1.54, 1.807) is 16.8 Å². The van der Waals surface area contributed by atoms with Crippen molar-refractivity contribution in [2.24, 2.45) is 0 Å². The average molecular weight is 282 g/mol. The van der Waals surface area contributed by atoms with Crippen molar-refractivity contribution in [2.45, 2.75) is 39.2 Å². The van der Waals surface area contributed by atoms with E-state index in [1.165, 1.54) is 6.07 Å². The molecule has 0 amide bonds. The first kappa shape index (κ1) is 14.0. The maximum atomic E-state index is 13.9. The second-order valence-electron chi connectivity index (χ2n) is 4.51. The Morgan fingerprint density at radius 3 is 2.74 bits per heavy atom. The van der Waals surface area contributed by atoms with Crippen LogP contribution in [0.15, 0.2) is 24.4 Å². The average Bonchev–Trinajstić information content (AvgIpc) is 2.85. The van der Waals surface area contributed by atoms with Crippen LogP contribution in [0.4, 0.5) is 4.39 Å². The van der Waals surface area contributed by atoms with Crippen LogP contribution in [0.25, 0.3) is 0 Å². The first-order chi connectivity index (χ1) is 9.15. The van der Waals surface area contributed by atoms with Gasteiger partial charge in [-0.3, -0.25) is 4.68 Å². The highest BCUT2D eigenvalue weighted by atomic mass is 35.5. The van der Waals surface area contributed by atoms with Crippen LogP contribution < -0.4 is 0 Å². The van der Waals surface area contributed by atoms with Gasteiger partial charge >= 0.3 is 0 Å². The van der Waals surface area contributed by atoms with Crippen LogP contribution in [0.3, 0.4) is 0 Å². The molecule has 0 saturated carbocycles. The van der Waals surface area contributed by atoms with Gasteiger partial charge in [0, 0.05) is 29.7 Å². The topological polar surface area (TPSA) is 30.7 Å². The maximum absolute atomic E-state index is 13.9. The minimum absolute atomic E-state index is 0.0238. The van der Waals surface area contributed by atoms with Crippen LogP contribution in [0.2, 0.25) is 5.02 Å². The minimum atomic E-state index is -0.248. The molecule has 0 bridgehead atoms. The molecule has 0 fully saturated rings. The van der Waals surface area contributed by atoms with Gasteiger partial charge in [-0.15, -0.1) is 5.10 Å². The maximum Gasteiger partial charge on any atom is 0.128 e. The Balaban J connectivity index is 2.25. The lowest BCUT2D eigenvalue weighted by atomic mass is 9.91. The minimum Gasteiger partial charge on any atom is -0.253 e. The number of aryl methyl sites for hydroxylation is 1. The fraction of sp³-hybridized carbons (Fsp3) is 0.429. The van der Waals surface area contributed by atoms with Crippen molar-refractivity contribution >= 4 is 11.6 Å². The summed E-state index contributed by atoms with van der Waals surface area (Å²) in [4.78, 5) is 0. The van der Waals surface area contributed by atoms with Crippen LogP contribution >= 0.6 is 11.6 Å². The highest BCUT2D eigenvalue weighted by molar-refractivity contribution is 6.31. The van der Waals surface area contributed by atoms with Crippen molar-refractivity contribution in [1.82, 2.24) is 15.0 Å². The molecular weight excluding hydrogens is 265 g/mol. The Kier molecular flexibility index (Phi) is 4.53. The van der Waals surface area contributed by atoms with E-state index in [1.807, 2.05) is 20.0 Å². The van der Waals surface area contributed by atoms with Gasteiger partial charge in [-0.1, -0.05) is 29.8 Å². The Labute approximate surface area is 117 Å². The van der Waals surface area contributed by atoms with E-state index in [0.29, 0.717) is 17.0 Å². The number of halogens is 2. The Bertz CT molecular complexity index is 533. The lowest BCUT2D eigenvalue weighted by Gasteiger charge is -2.16. The third-order valence-electron chi connectivity index (χ3n) is 3.27. The van der Waals surface area contributed by atoms with E-state index in [0.717, 1.165) is 18.7 Å². The monoisotopic (exact) mass is 281 g/mol. The summed E-state index contributed by atoms with van der Waals surface area (Å²) in [5, 5.41) is 8.59. The molecule has 0 aliphatic carbocycles. The summed E-state index contributed by atoms with van der Waals surface area (Å²) in [5.74, 6) is -0.224. The molecule has 1 aromatic heterocycles. The zero-order valence-corrected chi connectivity index (χ0v) is 11.9. The summed E-state index contributed by atoms with van der Waals surface area (Å²) >= 11 is 6.12. The fourth-order valence-electron chi connectivity index (χ4n) is 2.19. The quantitative estimate of drug-likeness (QED) is 0.834. The first-order valence-electron chi connectivity index (χ1n) is 6.48. The molecule has 3 nitrogen and oxygen atoms in total. The number of rotatable bonds is 5. The molecule has 102 valence electrons. The summed E-state index contributed by atoms with van der Waals surface area (Å²) in [7, 11) is 0. The summed E-state index contributed by atoms with van der Waals surface area (Å²) < 4.78 is 15.7. The normalized spacial score (nSPS) is 12.6. The molecule has 1 aromatic carbocycles. The van der Waals surface area contributed by atoms with Crippen LogP contribution in [-0.4, -0.2) is 15.0 Å². The molecule has 0 saturated heterocycles. The van der Waals surface area contributed by atoms with Gasteiger partial charge in [0.1, 0.15) is 5.82 Å². The smallest absolute Gasteiger partial charge is 0.128 e. The number of aromatic nitrogens is 3. The highest BCUT2D eigenvalue weighted by Gasteiger charge is 2.19. The molecule has 1 unspecified atom stereocenters. The summed E-state index contributed by atoms with van der Waals surface area (Å²) in [6, 6.07) is 4.81. The Hall–Kier alpha value is -1.42.